The molecule has 0 N–H and O–H groups in total. The molecule has 0 aromatic heterocycles. The van der Waals surface area contributed by atoms with Crippen LogP contribution in [-0.4, -0.2) is 27.9 Å². The van der Waals surface area contributed by atoms with Gasteiger partial charge in [-0.05, 0) is 6.42 Å². The maximum atomic E-state index is 10.0. The van der Waals surface area contributed by atoms with Crippen LogP contribution in [0.2, 0.25) is 0 Å². The van der Waals surface area contributed by atoms with Crippen molar-refractivity contribution < 1.29 is 9.53 Å². The third-order valence-electron chi connectivity index (χ3n) is 0.788. The topological polar surface area (TPSA) is 26.3 Å². The minimum atomic E-state index is -0.0463. The van der Waals surface area contributed by atoms with Crippen LogP contribution in [0.4, 0.5) is 0 Å². The molecule has 0 aliphatic carbocycles. The van der Waals surface area contributed by atoms with Gasteiger partial charge in [-0.2, -0.15) is 0 Å². The summed E-state index contributed by atoms with van der Waals surface area (Å²) < 4.78 is 4.51. The predicted octanol–water partition coefficient (Wildman–Crippen LogP) is 0.0967. The zero-order valence-corrected chi connectivity index (χ0v) is 7.57. The normalized spacial score (nSPS) is 16.4. The summed E-state index contributed by atoms with van der Waals surface area (Å²) in [6, 6.07) is 0. The zero-order chi connectivity index (χ0) is 6.41. The average Bonchev–Trinajstić information content (AvgIpc) is 2.24. The van der Waals surface area contributed by atoms with Gasteiger partial charge in [0.15, 0.2) is 0 Å². The largest absolute Gasteiger partial charge is 0.466 e. The molecular weight excluding hydrogens is 142 g/mol. The fraction of sp³-hybridized carbons (Fsp3) is 0.750. The lowest BCUT2D eigenvalue weighted by molar-refractivity contribution is -0.137. The van der Waals surface area contributed by atoms with Gasteiger partial charge in [0.2, 0.25) is 0 Å². The molecule has 0 unspecified atom stereocenters. The van der Waals surface area contributed by atoms with Gasteiger partial charge in [-0.15, -0.1) is 0 Å². The Morgan fingerprint density at radius 1 is 1.62 bits per heavy atom. The zero-order valence-electron chi connectivity index (χ0n) is 4.82. The summed E-state index contributed by atoms with van der Waals surface area (Å²) in [5.41, 5.74) is 0. The van der Waals surface area contributed by atoms with Crippen molar-refractivity contribution in [2.75, 3.05) is 6.61 Å². The van der Waals surface area contributed by atoms with Gasteiger partial charge >= 0.3 is 21.3 Å². The van der Waals surface area contributed by atoms with Crippen molar-refractivity contribution in [1.29, 1.82) is 0 Å². The molecule has 0 amide bonds. The Hall–Kier alpha value is 0.292. The summed E-state index contributed by atoms with van der Waals surface area (Å²) in [6.45, 7) is 0.638. The Morgan fingerprint density at radius 2 is 2.25 bits per heavy atom. The van der Waals surface area contributed by atoms with E-state index in [1.54, 1.807) is 0 Å². The lowest BCUT2D eigenvalue weighted by atomic mass is 10.4. The molecule has 8 heavy (non-hydrogen) atoms. The molecule has 0 bridgehead atoms. The first kappa shape index (κ1) is 8.29. The molecule has 1 aliphatic heterocycles. The molecule has 2 nitrogen and oxygen atoms in total. The predicted molar refractivity (Wildman–Crippen MR) is 34.6 cm³/mol. The Kier molecular flexibility index (Phi) is 5.63. The minimum absolute atomic E-state index is 0.0463. The van der Waals surface area contributed by atoms with Crippen molar-refractivity contribution in [3.8, 4) is 0 Å². The maximum Gasteiger partial charge on any atom is 0.353 e. The van der Waals surface area contributed by atoms with Crippen LogP contribution in [0.5, 0.6) is 0 Å². The van der Waals surface area contributed by atoms with Gasteiger partial charge in [-0.3, -0.25) is 14.8 Å². The van der Waals surface area contributed by atoms with E-state index in [1.165, 1.54) is 0 Å². The van der Waals surface area contributed by atoms with Gasteiger partial charge in [0.05, 0.1) is 6.61 Å². The maximum absolute atomic E-state index is 10.0. The van der Waals surface area contributed by atoms with Crippen LogP contribution in [0, 0.1) is 0 Å². The summed E-state index contributed by atoms with van der Waals surface area (Å²) in [7, 11) is 4.78. The van der Waals surface area contributed by atoms with E-state index < -0.39 is 0 Å². The highest BCUT2D eigenvalue weighted by Gasteiger charge is 2.08. The molecule has 0 spiro atoms. The molecule has 1 rings (SSSR count). The average molecular weight is 151 g/mol. The Balaban J connectivity index is 0.000000222. The van der Waals surface area contributed by atoms with E-state index in [2.05, 4.69) is 4.74 Å². The number of carbonyl (C=O) groups excluding carboxylic acids is 1. The van der Waals surface area contributed by atoms with Crippen LogP contribution in [0.3, 0.4) is 0 Å². The van der Waals surface area contributed by atoms with E-state index in [1.807, 2.05) is 0 Å². The number of hydrogen-bond donors (Lipinski definition) is 0. The van der Waals surface area contributed by atoms with Crippen LogP contribution < -0.4 is 0 Å². The standard InChI is InChI=1S/C4H6O2.Al.ClH.2H/c5-4-2-1-3-6-4;;;;/h1-3H2;;1H;;/q;+1;;;/p-1. The van der Waals surface area contributed by atoms with Crippen LogP contribution in [0.1, 0.15) is 12.8 Å². The molecule has 1 saturated heterocycles. The van der Waals surface area contributed by atoms with Gasteiger partial charge in [-0.25, -0.2) is 0 Å². The molecule has 1 fully saturated rings. The Bertz CT molecular complexity index is 68.4. The first-order valence-corrected chi connectivity index (χ1v) is 5.45. The molecule has 4 heteroatoms. The third-order valence-corrected chi connectivity index (χ3v) is 0.788. The highest BCUT2D eigenvalue weighted by atomic mass is 35.6. The van der Waals surface area contributed by atoms with E-state index in [9.17, 15) is 4.79 Å². The van der Waals surface area contributed by atoms with Gasteiger partial charge in [0, 0.05) is 6.42 Å². The van der Waals surface area contributed by atoms with Crippen molar-refractivity contribution >= 4 is 31.4 Å². The van der Waals surface area contributed by atoms with Gasteiger partial charge in [0.25, 0.3) is 0 Å². The van der Waals surface area contributed by atoms with E-state index in [4.69, 9.17) is 10.0 Å². The second kappa shape index (κ2) is 5.43. The Morgan fingerprint density at radius 3 is 2.38 bits per heavy atom. The SMILES string of the molecule is O=C1CCCO1.[AlH2][Cl]. The first-order chi connectivity index (χ1) is 3.89. The van der Waals surface area contributed by atoms with Crippen LogP contribution in [0.15, 0.2) is 0 Å². The van der Waals surface area contributed by atoms with Crippen molar-refractivity contribution in [3.63, 3.8) is 0 Å². The second-order valence-electron chi connectivity index (χ2n) is 1.32. The molecule has 0 atom stereocenters. The number of halogens is 1. The van der Waals surface area contributed by atoms with E-state index in [-0.39, 0.29) is 5.97 Å². The van der Waals surface area contributed by atoms with E-state index in [0.29, 0.717) is 13.0 Å². The van der Waals surface area contributed by atoms with E-state index in [0.717, 1.165) is 21.8 Å². The number of hydrogen-bond acceptors (Lipinski definition) is 2. The number of esters is 1. The van der Waals surface area contributed by atoms with Crippen LogP contribution >= 0.6 is 10.0 Å². The molecule has 0 aromatic rings. The van der Waals surface area contributed by atoms with Crippen molar-refractivity contribution in [2.24, 2.45) is 0 Å². The van der Waals surface area contributed by atoms with Gasteiger partial charge in [-0.1, -0.05) is 0 Å². The number of rotatable bonds is 0. The quantitative estimate of drug-likeness (QED) is 0.362. The van der Waals surface area contributed by atoms with Crippen molar-refractivity contribution in [3.05, 3.63) is 0 Å². The number of cyclic esters (lactones) is 1. The molecule has 46 valence electrons. The molecule has 1 heterocycles. The van der Waals surface area contributed by atoms with E-state index >= 15 is 0 Å². The lowest BCUT2D eigenvalue weighted by Crippen LogP contribution is -1.88. The fourth-order valence-electron chi connectivity index (χ4n) is 0.475. The smallest absolute Gasteiger partial charge is 0.353 e. The van der Waals surface area contributed by atoms with Gasteiger partial charge < -0.3 is 4.74 Å². The molecular formula is C4H8AlClO2. The van der Waals surface area contributed by atoms with Crippen LogP contribution in [-0.2, 0) is 9.53 Å². The summed E-state index contributed by atoms with van der Waals surface area (Å²) >= 11 is 0.778. The second-order valence-corrected chi connectivity index (χ2v) is 1.32. The summed E-state index contributed by atoms with van der Waals surface area (Å²) in [6.07, 6.45) is 1.54. The summed E-state index contributed by atoms with van der Waals surface area (Å²) in [5, 5.41) is 0. The Labute approximate surface area is 60.8 Å². The monoisotopic (exact) mass is 150 g/mol. The molecule has 0 aromatic carbocycles. The minimum Gasteiger partial charge on any atom is -0.466 e. The molecule has 1 aliphatic rings. The molecule has 0 saturated carbocycles. The number of ether oxygens (including phenoxy) is 1. The molecule has 0 radical (unpaired) electrons. The van der Waals surface area contributed by atoms with Crippen LogP contribution in [0.25, 0.3) is 0 Å². The van der Waals surface area contributed by atoms with Gasteiger partial charge in [0.1, 0.15) is 0 Å². The first-order valence-electron chi connectivity index (χ1n) is 2.43. The van der Waals surface area contributed by atoms with Crippen molar-refractivity contribution in [1.82, 2.24) is 0 Å². The fourth-order valence-corrected chi connectivity index (χ4v) is 0.475. The number of carbonyl (C=O) groups is 1. The summed E-state index contributed by atoms with van der Waals surface area (Å²) in [4.78, 5) is 10.0. The highest BCUT2D eigenvalue weighted by Crippen LogP contribution is 2.01. The highest BCUT2D eigenvalue weighted by molar-refractivity contribution is 6.80. The lowest BCUT2D eigenvalue weighted by Gasteiger charge is -1.81. The van der Waals surface area contributed by atoms with Crippen molar-refractivity contribution in [2.45, 2.75) is 12.8 Å². The summed E-state index contributed by atoms with van der Waals surface area (Å²) in [5.74, 6) is -0.0463. The third kappa shape index (κ3) is 3.31.